The molecule has 2 heteroatoms. The molecule has 1 aliphatic heterocycles. The van der Waals surface area contributed by atoms with Crippen molar-refractivity contribution in [2.75, 3.05) is 20.1 Å². The van der Waals surface area contributed by atoms with Crippen LogP contribution < -0.4 is 5.73 Å². The fourth-order valence-electron chi connectivity index (χ4n) is 2.93. The molecular formula is C10H20N2. The minimum Gasteiger partial charge on any atom is -0.324 e. The second-order valence-electron chi connectivity index (χ2n) is 4.70. The Morgan fingerprint density at radius 3 is 3.00 bits per heavy atom. The molecule has 2 aliphatic rings. The fraction of sp³-hybridized carbons (Fsp3) is 1.00. The first-order valence-electron chi connectivity index (χ1n) is 5.18. The van der Waals surface area contributed by atoms with Crippen LogP contribution in [0.5, 0.6) is 0 Å². The van der Waals surface area contributed by atoms with E-state index < -0.39 is 0 Å². The zero-order valence-corrected chi connectivity index (χ0v) is 8.05. The summed E-state index contributed by atoms with van der Waals surface area (Å²) in [6, 6.07) is 0. The molecule has 0 spiro atoms. The molecule has 2 atom stereocenters. The second kappa shape index (κ2) is 3.00. The maximum absolute atomic E-state index is 6.41. The molecule has 0 aromatic heterocycles. The summed E-state index contributed by atoms with van der Waals surface area (Å²) in [5.41, 5.74) is 6.58. The molecular weight excluding hydrogens is 148 g/mol. The standard InChI is InChI=1S/C10H20N2/c1-12-7-5-9-4-2-3-6-10(9,11)8-12/h9H,2-8,11H2,1H3. The van der Waals surface area contributed by atoms with E-state index in [0.29, 0.717) is 0 Å². The molecule has 70 valence electrons. The van der Waals surface area contributed by atoms with Gasteiger partial charge in [-0.2, -0.15) is 0 Å². The molecule has 0 aromatic rings. The summed E-state index contributed by atoms with van der Waals surface area (Å²) in [7, 11) is 2.19. The number of likely N-dealkylation sites (tertiary alicyclic amines) is 1. The highest BCUT2D eigenvalue weighted by Gasteiger charge is 2.40. The Bertz CT molecular complexity index is 169. The van der Waals surface area contributed by atoms with E-state index in [-0.39, 0.29) is 5.54 Å². The van der Waals surface area contributed by atoms with Crippen molar-refractivity contribution >= 4 is 0 Å². The Morgan fingerprint density at radius 1 is 1.33 bits per heavy atom. The van der Waals surface area contributed by atoms with Crippen LogP contribution in [-0.2, 0) is 0 Å². The third-order valence-electron chi connectivity index (χ3n) is 3.68. The lowest BCUT2D eigenvalue weighted by molar-refractivity contribution is 0.0751. The summed E-state index contributed by atoms with van der Waals surface area (Å²) in [6.45, 7) is 2.38. The lowest BCUT2D eigenvalue weighted by atomic mass is 9.70. The Kier molecular flexibility index (Phi) is 2.13. The van der Waals surface area contributed by atoms with E-state index in [0.717, 1.165) is 12.5 Å². The highest BCUT2D eigenvalue weighted by atomic mass is 15.1. The molecule has 2 rings (SSSR count). The number of rotatable bonds is 0. The van der Waals surface area contributed by atoms with Gasteiger partial charge in [0.15, 0.2) is 0 Å². The first-order chi connectivity index (χ1) is 5.71. The minimum atomic E-state index is 0.172. The third-order valence-corrected chi connectivity index (χ3v) is 3.68. The van der Waals surface area contributed by atoms with Gasteiger partial charge in [0.25, 0.3) is 0 Å². The largest absolute Gasteiger partial charge is 0.324 e. The minimum absolute atomic E-state index is 0.172. The lowest BCUT2D eigenvalue weighted by Crippen LogP contribution is -2.59. The number of nitrogens with two attached hydrogens (primary N) is 1. The van der Waals surface area contributed by atoms with Crippen molar-refractivity contribution in [3.05, 3.63) is 0 Å². The van der Waals surface area contributed by atoms with Gasteiger partial charge in [0.1, 0.15) is 0 Å². The maximum Gasteiger partial charge on any atom is 0.0312 e. The topological polar surface area (TPSA) is 29.3 Å². The van der Waals surface area contributed by atoms with Crippen LogP contribution in [0, 0.1) is 5.92 Å². The fourth-order valence-corrected chi connectivity index (χ4v) is 2.93. The number of nitrogens with zero attached hydrogens (tertiary/aromatic N) is 1. The second-order valence-corrected chi connectivity index (χ2v) is 4.70. The van der Waals surface area contributed by atoms with Crippen LogP contribution >= 0.6 is 0 Å². The number of fused-ring (bicyclic) bond motifs is 1. The predicted molar refractivity (Wildman–Crippen MR) is 51.0 cm³/mol. The number of hydrogen-bond donors (Lipinski definition) is 1. The summed E-state index contributed by atoms with van der Waals surface area (Å²) in [5.74, 6) is 0.822. The van der Waals surface area contributed by atoms with Gasteiger partial charge in [-0.05, 0) is 38.8 Å². The van der Waals surface area contributed by atoms with E-state index >= 15 is 0 Å². The molecule has 2 unspecified atom stereocenters. The summed E-state index contributed by atoms with van der Waals surface area (Å²) < 4.78 is 0. The van der Waals surface area contributed by atoms with E-state index in [4.69, 9.17) is 5.73 Å². The third kappa shape index (κ3) is 1.38. The quantitative estimate of drug-likeness (QED) is 0.589. The molecule has 12 heavy (non-hydrogen) atoms. The van der Waals surface area contributed by atoms with E-state index in [1.54, 1.807) is 0 Å². The van der Waals surface area contributed by atoms with Crippen LogP contribution in [0.3, 0.4) is 0 Å². The van der Waals surface area contributed by atoms with Gasteiger partial charge in [-0.25, -0.2) is 0 Å². The number of piperidine rings is 1. The van der Waals surface area contributed by atoms with Crippen molar-refractivity contribution < 1.29 is 0 Å². The number of hydrogen-bond acceptors (Lipinski definition) is 2. The van der Waals surface area contributed by atoms with Crippen molar-refractivity contribution in [2.24, 2.45) is 11.7 Å². The molecule has 2 fully saturated rings. The maximum atomic E-state index is 6.41. The van der Waals surface area contributed by atoms with Gasteiger partial charge in [-0.15, -0.1) is 0 Å². The predicted octanol–water partition coefficient (Wildman–Crippen LogP) is 1.21. The van der Waals surface area contributed by atoms with E-state index in [2.05, 4.69) is 11.9 Å². The first-order valence-corrected chi connectivity index (χ1v) is 5.18. The summed E-state index contributed by atoms with van der Waals surface area (Å²) in [5, 5.41) is 0. The molecule has 0 aromatic carbocycles. The zero-order chi connectivity index (χ0) is 8.60. The molecule has 2 nitrogen and oxygen atoms in total. The molecule has 0 radical (unpaired) electrons. The zero-order valence-electron chi connectivity index (χ0n) is 8.05. The first kappa shape index (κ1) is 8.52. The molecule has 1 aliphatic carbocycles. The highest BCUT2D eigenvalue weighted by Crippen LogP contribution is 2.37. The summed E-state index contributed by atoms with van der Waals surface area (Å²) in [4.78, 5) is 2.39. The van der Waals surface area contributed by atoms with Crippen molar-refractivity contribution in [3.8, 4) is 0 Å². The van der Waals surface area contributed by atoms with Gasteiger partial charge in [0.05, 0.1) is 0 Å². The van der Waals surface area contributed by atoms with Gasteiger partial charge in [0.2, 0.25) is 0 Å². The Balaban J connectivity index is 2.07. The molecule has 1 heterocycles. The number of likely N-dealkylation sites (N-methyl/N-ethyl adjacent to an activating group) is 1. The smallest absolute Gasteiger partial charge is 0.0312 e. The lowest BCUT2D eigenvalue weighted by Gasteiger charge is -2.48. The van der Waals surface area contributed by atoms with Gasteiger partial charge in [-0.3, -0.25) is 0 Å². The average molecular weight is 168 g/mol. The van der Waals surface area contributed by atoms with E-state index in [1.807, 2.05) is 0 Å². The van der Waals surface area contributed by atoms with Crippen molar-refractivity contribution in [3.63, 3.8) is 0 Å². The van der Waals surface area contributed by atoms with Crippen molar-refractivity contribution in [1.82, 2.24) is 4.90 Å². The summed E-state index contributed by atoms with van der Waals surface area (Å²) in [6.07, 6.45) is 6.72. The normalized spacial score (nSPS) is 44.0. The van der Waals surface area contributed by atoms with Crippen molar-refractivity contribution in [2.45, 2.75) is 37.6 Å². The molecule has 0 bridgehead atoms. The van der Waals surface area contributed by atoms with Crippen LogP contribution in [0.2, 0.25) is 0 Å². The molecule has 2 N–H and O–H groups in total. The average Bonchev–Trinajstić information content (AvgIpc) is 2.02. The molecule has 1 saturated heterocycles. The monoisotopic (exact) mass is 168 g/mol. The van der Waals surface area contributed by atoms with Crippen LogP contribution in [0.15, 0.2) is 0 Å². The molecule has 1 saturated carbocycles. The van der Waals surface area contributed by atoms with Gasteiger partial charge < -0.3 is 10.6 Å². The molecule has 0 amide bonds. The Labute approximate surface area is 75.1 Å². The summed E-state index contributed by atoms with van der Waals surface area (Å²) >= 11 is 0. The Morgan fingerprint density at radius 2 is 2.17 bits per heavy atom. The van der Waals surface area contributed by atoms with Crippen LogP contribution in [0.25, 0.3) is 0 Å². The SMILES string of the molecule is CN1CCC2CCCCC2(N)C1. The van der Waals surface area contributed by atoms with Crippen LogP contribution in [-0.4, -0.2) is 30.6 Å². The van der Waals surface area contributed by atoms with Gasteiger partial charge >= 0.3 is 0 Å². The highest BCUT2D eigenvalue weighted by molar-refractivity contribution is 4.99. The van der Waals surface area contributed by atoms with Gasteiger partial charge in [0, 0.05) is 12.1 Å². The van der Waals surface area contributed by atoms with Crippen LogP contribution in [0.4, 0.5) is 0 Å². The van der Waals surface area contributed by atoms with Gasteiger partial charge in [-0.1, -0.05) is 12.8 Å². The Hall–Kier alpha value is -0.0800. The van der Waals surface area contributed by atoms with Crippen LogP contribution in [0.1, 0.15) is 32.1 Å². The van der Waals surface area contributed by atoms with Crippen molar-refractivity contribution in [1.29, 1.82) is 0 Å². The van der Waals surface area contributed by atoms with E-state index in [1.165, 1.54) is 38.6 Å². The van der Waals surface area contributed by atoms with E-state index in [9.17, 15) is 0 Å².